The average Bonchev–Trinajstić information content (AvgIpc) is 1.99. The number of epoxide rings is 1. The van der Waals surface area contributed by atoms with Crippen LogP contribution in [0.4, 0.5) is 0 Å². The molecule has 0 aromatic heterocycles. The summed E-state index contributed by atoms with van der Waals surface area (Å²) < 4.78 is 18.7. The highest BCUT2D eigenvalue weighted by Crippen LogP contribution is 2.10. The third-order valence-electron chi connectivity index (χ3n) is 0.655. The van der Waals surface area contributed by atoms with E-state index in [0.29, 0.717) is 6.61 Å². The smallest absolute Gasteiger partial charge is 0.0807 e. The van der Waals surface area contributed by atoms with E-state index in [-0.39, 0.29) is 6.10 Å². The quantitative estimate of drug-likeness (QED) is 0.419. The Morgan fingerprint density at radius 3 is 3.00 bits per heavy atom. The van der Waals surface area contributed by atoms with Crippen LogP contribution in [0, 0.1) is 0 Å². The van der Waals surface area contributed by atoms with Crippen LogP contribution in [0.5, 0.6) is 0 Å². The van der Waals surface area contributed by atoms with Crippen LogP contribution in [0.15, 0.2) is 0 Å². The van der Waals surface area contributed by atoms with Crippen molar-refractivity contribution in [3.8, 4) is 0 Å². The standard InChI is InChI=1S/C4H8O/c1-2-4-3-5-4/h4H,2-3H2,1H3/i2D2. The van der Waals surface area contributed by atoms with Crippen molar-refractivity contribution in [2.75, 3.05) is 6.61 Å². The van der Waals surface area contributed by atoms with E-state index in [2.05, 4.69) is 0 Å². The van der Waals surface area contributed by atoms with Crippen LogP contribution < -0.4 is 0 Å². The van der Waals surface area contributed by atoms with Crippen LogP contribution in [0.3, 0.4) is 0 Å². The molecule has 1 rings (SSSR count). The summed E-state index contributed by atoms with van der Waals surface area (Å²) in [6, 6.07) is 0. The minimum atomic E-state index is -1.11. The van der Waals surface area contributed by atoms with E-state index in [1.807, 2.05) is 0 Å². The first-order valence-corrected chi connectivity index (χ1v) is 1.72. The van der Waals surface area contributed by atoms with Gasteiger partial charge in [0.2, 0.25) is 0 Å². The molecule has 1 saturated heterocycles. The highest BCUT2D eigenvalue weighted by molar-refractivity contribution is 4.64. The Morgan fingerprint density at radius 1 is 2.40 bits per heavy atom. The van der Waals surface area contributed by atoms with E-state index in [4.69, 9.17) is 7.48 Å². The predicted octanol–water partition coefficient (Wildman–Crippen LogP) is 0.795. The molecule has 5 heavy (non-hydrogen) atoms. The van der Waals surface area contributed by atoms with Crippen LogP contribution >= 0.6 is 0 Å². The molecular weight excluding hydrogens is 64.0 g/mol. The summed E-state index contributed by atoms with van der Waals surface area (Å²) in [6.45, 7) is 2.13. The summed E-state index contributed by atoms with van der Waals surface area (Å²) in [5.41, 5.74) is 0. The number of hydrogen-bond acceptors (Lipinski definition) is 1. The maximum absolute atomic E-state index is 6.99. The molecule has 0 bridgehead atoms. The van der Waals surface area contributed by atoms with Crippen molar-refractivity contribution in [3.05, 3.63) is 0 Å². The van der Waals surface area contributed by atoms with Crippen molar-refractivity contribution in [1.29, 1.82) is 0 Å². The van der Waals surface area contributed by atoms with Crippen LogP contribution in [0.1, 0.15) is 16.0 Å². The molecule has 30 valence electrons. The van der Waals surface area contributed by atoms with Crippen LogP contribution in [-0.2, 0) is 4.74 Å². The number of hydrogen-bond donors (Lipinski definition) is 0. The van der Waals surface area contributed by atoms with Gasteiger partial charge in [0, 0.05) is 2.74 Å². The Bertz CT molecular complexity index is 72.2. The Labute approximate surface area is 34.8 Å². The largest absolute Gasteiger partial charge is 0.373 e. The highest BCUT2D eigenvalue weighted by atomic mass is 16.6. The maximum Gasteiger partial charge on any atom is 0.0807 e. The molecular formula is C4H8O. The SMILES string of the molecule is [2H]C([2H])(C)C1CO1. The molecule has 0 N–H and O–H groups in total. The molecule has 0 aromatic rings. The van der Waals surface area contributed by atoms with E-state index in [1.54, 1.807) is 0 Å². The van der Waals surface area contributed by atoms with Gasteiger partial charge in [0.1, 0.15) is 0 Å². The third-order valence-corrected chi connectivity index (χ3v) is 0.655. The van der Waals surface area contributed by atoms with Gasteiger partial charge in [-0.1, -0.05) is 6.92 Å². The van der Waals surface area contributed by atoms with Crippen LogP contribution in [-0.4, -0.2) is 12.7 Å². The van der Waals surface area contributed by atoms with E-state index in [1.165, 1.54) is 6.92 Å². The van der Waals surface area contributed by atoms with Crippen molar-refractivity contribution in [2.24, 2.45) is 0 Å². The van der Waals surface area contributed by atoms with Gasteiger partial charge in [0.25, 0.3) is 0 Å². The molecule has 1 atom stereocenters. The topological polar surface area (TPSA) is 12.5 Å². The van der Waals surface area contributed by atoms with E-state index < -0.39 is 6.37 Å². The lowest BCUT2D eigenvalue weighted by atomic mass is 10.4. The number of ether oxygens (including phenoxy) is 1. The van der Waals surface area contributed by atoms with E-state index in [0.717, 1.165) is 0 Å². The molecule has 1 unspecified atom stereocenters. The van der Waals surface area contributed by atoms with Gasteiger partial charge in [-0.05, 0) is 6.37 Å². The van der Waals surface area contributed by atoms with Crippen LogP contribution in [0.2, 0.25) is 0 Å². The summed E-state index contributed by atoms with van der Waals surface area (Å²) in [5.74, 6) is 0. The monoisotopic (exact) mass is 74.1 g/mol. The highest BCUT2D eigenvalue weighted by Gasteiger charge is 2.18. The second kappa shape index (κ2) is 0.977. The van der Waals surface area contributed by atoms with Gasteiger partial charge in [-0.15, -0.1) is 0 Å². The molecule has 1 fully saturated rings. The normalized spacial score (nSPS) is 43.0. The third kappa shape index (κ3) is 0.618. The predicted molar refractivity (Wildman–Crippen MR) is 20.0 cm³/mol. The average molecular weight is 74.1 g/mol. The molecule has 1 heterocycles. The lowest BCUT2D eigenvalue weighted by molar-refractivity contribution is 0.403. The Hall–Kier alpha value is -0.0400. The van der Waals surface area contributed by atoms with Gasteiger partial charge in [0.15, 0.2) is 0 Å². The lowest BCUT2D eigenvalue weighted by Gasteiger charge is -1.69. The lowest BCUT2D eigenvalue weighted by Crippen LogP contribution is -1.73. The molecule has 0 saturated carbocycles. The number of rotatable bonds is 1. The second-order valence-electron chi connectivity index (χ2n) is 1.11. The first-order valence-electron chi connectivity index (χ1n) is 2.72. The summed E-state index contributed by atoms with van der Waals surface area (Å²) in [7, 11) is 0. The van der Waals surface area contributed by atoms with Gasteiger partial charge >= 0.3 is 0 Å². The molecule has 0 aromatic carbocycles. The van der Waals surface area contributed by atoms with Crippen molar-refractivity contribution in [1.82, 2.24) is 0 Å². The summed E-state index contributed by atoms with van der Waals surface area (Å²) >= 11 is 0. The van der Waals surface area contributed by atoms with E-state index in [9.17, 15) is 0 Å². The molecule has 1 nitrogen and oxygen atoms in total. The zero-order chi connectivity index (χ0) is 5.49. The van der Waals surface area contributed by atoms with Gasteiger partial charge in [0.05, 0.1) is 12.7 Å². The fourth-order valence-electron chi connectivity index (χ4n) is 0.215. The van der Waals surface area contributed by atoms with Crippen molar-refractivity contribution >= 4 is 0 Å². The first kappa shape index (κ1) is 1.61. The summed E-state index contributed by atoms with van der Waals surface area (Å²) in [4.78, 5) is 0. The maximum atomic E-state index is 6.99. The van der Waals surface area contributed by atoms with Crippen LogP contribution in [0.25, 0.3) is 0 Å². The Balaban J connectivity index is 2.36. The fourth-order valence-corrected chi connectivity index (χ4v) is 0.215. The molecule has 1 aliphatic rings. The van der Waals surface area contributed by atoms with Crippen molar-refractivity contribution < 1.29 is 7.48 Å². The second-order valence-corrected chi connectivity index (χ2v) is 1.11. The van der Waals surface area contributed by atoms with E-state index >= 15 is 0 Å². The van der Waals surface area contributed by atoms with Gasteiger partial charge in [-0.3, -0.25) is 0 Å². The molecule has 1 heteroatoms. The fraction of sp³-hybridized carbons (Fsp3) is 1.00. The molecule has 0 spiro atoms. The molecule has 0 aliphatic carbocycles. The Kier molecular flexibility index (Phi) is 0.314. The molecule has 1 aliphatic heterocycles. The first-order chi connectivity index (χ1) is 3.11. The Morgan fingerprint density at radius 2 is 3.00 bits per heavy atom. The van der Waals surface area contributed by atoms with Gasteiger partial charge in [-0.2, -0.15) is 0 Å². The van der Waals surface area contributed by atoms with Crippen molar-refractivity contribution in [2.45, 2.75) is 19.4 Å². The van der Waals surface area contributed by atoms with Crippen molar-refractivity contribution in [3.63, 3.8) is 0 Å². The molecule has 0 radical (unpaired) electrons. The summed E-state index contributed by atoms with van der Waals surface area (Å²) in [5, 5.41) is 0. The zero-order valence-corrected chi connectivity index (χ0v) is 3.19. The van der Waals surface area contributed by atoms with Gasteiger partial charge < -0.3 is 4.74 Å². The molecule has 0 amide bonds. The summed E-state index contributed by atoms with van der Waals surface area (Å²) in [6.07, 6.45) is -1.23. The van der Waals surface area contributed by atoms with Gasteiger partial charge in [-0.25, -0.2) is 0 Å². The zero-order valence-electron chi connectivity index (χ0n) is 5.19. The minimum Gasteiger partial charge on any atom is -0.373 e. The minimum absolute atomic E-state index is 0.118.